The highest BCUT2D eigenvalue weighted by Gasteiger charge is 2.16. The van der Waals surface area contributed by atoms with Gasteiger partial charge in [0.2, 0.25) is 0 Å². The number of esters is 1. The number of rotatable bonds is 7. The Morgan fingerprint density at radius 3 is 2.44 bits per heavy atom. The molecule has 0 aliphatic carbocycles. The number of amides is 2. The van der Waals surface area contributed by atoms with Crippen LogP contribution in [0.25, 0.3) is 0 Å². The van der Waals surface area contributed by atoms with Crippen LogP contribution in [0.5, 0.6) is 11.5 Å². The van der Waals surface area contributed by atoms with Gasteiger partial charge in [-0.05, 0) is 44.2 Å². The quantitative estimate of drug-likeness (QED) is 0.726. The van der Waals surface area contributed by atoms with Crippen molar-refractivity contribution in [1.29, 1.82) is 0 Å². The molecule has 0 saturated heterocycles. The molecule has 27 heavy (non-hydrogen) atoms. The summed E-state index contributed by atoms with van der Waals surface area (Å²) in [6, 6.07) is 11.5. The molecule has 2 aromatic carbocycles. The predicted molar refractivity (Wildman–Crippen MR) is 102 cm³/mol. The van der Waals surface area contributed by atoms with E-state index in [0.29, 0.717) is 22.7 Å². The van der Waals surface area contributed by atoms with Crippen LogP contribution in [0.15, 0.2) is 42.5 Å². The minimum Gasteiger partial charge on any atom is -0.497 e. The van der Waals surface area contributed by atoms with Crippen molar-refractivity contribution in [1.82, 2.24) is 5.32 Å². The zero-order chi connectivity index (χ0) is 19.8. The predicted octanol–water partition coefficient (Wildman–Crippen LogP) is 3.59. The molecule has 0 saturated carbocycles. The summed E-state index contributed by atoms with van der Waals surface area (Å²) >= 11 is 0. The monoisotopic (exact) mass is 372 g/mol. The van der Waals surface area contributed by atoms with E-state index < -0.39 is 5.97 Å². The molecule has 0 radical (unpaired) electrons. The van der Waals surface area contributed by atoms with Gasteiger partial charge in [-0.3, -0.25) is 0 Å². The first-order valence-electron chi connectivity index (χ1n) is 8.49. The van der Waals surface area contributed by atoms with Gasteiger partial charge in [0, 0.05) is 11.6 Å². The number of nitrogens with one attached hydrogen (secondary N) is 2. The summed E-state index contributed by atoms with van der Waals surface area (Å²) in [5, 5.41) is 5.38. The molecule has 2 N–H and O–H groups in total. The van der Waals surface area contributed by atoms with Crippen molar-refractivity contribution in [3.8, 4) is 11.5 Å². The number of carbonyl (C=O) groups excluding carboxylic acids is 2. The van der Waals surface area contributed by atoms with E-state index in [9.17, 15) is 9.59 Å². The maximum Gasteiger partial charge on any atom is 0.340 e. The molecule has 7 heteroatoms. The van der Waals surface area contributed by atoms with E-state index >= 15 is 0 Å². The summed E-state index contributed by atoms with van der Waals surface area (Å²) in [5.41, 5.74) is 1.31. The Morgan fingerprint density at radius 1 is 1.04 bits per heavy atom. The highest BCUT2D eigenvalue weighted by Crippen LogP contribution is 2.25. The van der Waals surface area contributed by atoms with Crippen LogP contribution in [0.2, 0.25) is 0 Å². The number of anilines is 1. The van der Waals surface area contributed by atoms with E-state index in [1.54, 1.807) is 56.7 Å². The van der Waals surface area contributed by atoms with E-state index in [2.05, 4.69) is 10.6 Å². The van der Waals surface area contributed by atoms with Gasteiger partial charge in [-0.25, -0.2) is 9.59 Å². The average Bonchev–Trinajstić information content (AvgIpc) is 2.65. The lowest BCUT2D eigenvalue weighted by Gasteiger charge is -2.14. The summed E-state index contributed by atoms with van der Waals surface area (Å²) < 4.78 is 15.9. The first-order chi connectivity index (χ1) is 12.9. The summed E-state index contributed by atoms with van der Waals surface area (Å²) in [4.78, 5) is 24.5. The van der Waals surface area contributed by atoms with Gasteiger partial charge < -0.3 is 24.8 Å². The second-order valence-electron chi connectivity index (χ2n) is 6.05. The minimum absolute atomic E-state index is 0.00569. The number of hydrogen-bond acceptors (Lipinski definition) is 5. The van der Waals surface area contributed by atoms with Crippen molar-refractivity contribution in [2.24, 2.45) is 0 Å². The maximum atomic E-state index is 12.5. The third-order valence-corrected chi connectivity index (χ3v) is 3.66. The fraction of sp³-hybridized carbons (Fsp3) is 0.300. The van der Waals surface area contributed by atoms with Crippen molar-refractivity contribution in [2.45, 2.75) is 26.5 Å². The standard InChI is InChI=1S/C20H24N2O5/c1-13(2)21-20(24)22-17-8-6-5-7-16(17)19(23)27-12-14-11-15(25-3)9-10-18(14)26-4/h5-11,13H,12H2,1-4H3,(H2,21,22,24). The largest absolute Gasteiger partial charge is 0.497 e. The molecular formula is C20H24N2O5. The van der Waals surface area contributed by atoms with E-state index in [1.165, 1.54) is 0 Å². The maximum absolute atomic E-state index is 12.5. The van der Waals surface area contributed by atoms with Gasteiger partial charge in [-0.1, -0.05) is 12.1 Å². The molecule has 0 spiro atoms. The van der Waals surface area contributed by atoms with Gasteiger partial charge in [0.1, 0.15) is 18.1 Å². The van der Waals surface area contributed by atoms with Crippen molar-refractivity contribution < 1.29 is 23.8 Å². The van der Waals surface area contributed by atoms with E-state index in [-0.39, 0.29) is 24.2 Å². The fourth-order valence-corrected chi connectivity index (χ4v) is 2.41. The zero-order valence-corrected chi connectivity index (χ0v) is 15.9. The van der Waals surface area contributed by atoms with Crippen LogP contribution in [0, 0.1) is 0 Å². The Hall–Kier alpha value is -3.22. The zero-order valence-electron chi connectivity index (χ0n) is 15.9. The molecule has 0 bridgehead atoms. The Bertz CT molecular complexity index is 805. The molecule has 2 rings (SSSR count). The summed E-state index contributed by atoms with van der Waals surface area (Å²) in [5.74, 6) is 0.668. The fourth-order valence-electron chi connectivity index (χ4n) is 2.41. The second-order valence-corrected chi connectivity index (χ2v) is 6.05. The van der Waals surface area contributed by atoms with Crippen LogP contribution in [-0.2, 0) is 11.3 Å². The molecule has 0 aliphatic rings. The van der Waals surface area contributed by atoms with Crippen LogP contribution in [0.4, 0.5) is 10.5 Å². The first-order valence-corrected chi connectivity index (χ1v) is 8.49. The Morgan fingerprint density at radius 2 is 1.78 bits per heavy atom. The Labute approximate surface area is 158 Å². The lowest BCUT2D eigenvalue weighted by molar-refractivity contribution is 0.0471. The molecule has 0 fully saturated rings. The van der Waals surface area contributed by atoms with E-state index in [0.717, 1.165) is 0 Å². The van der Waals surface area contributed by atoms with E-state index in [1.807, 2.05) is 13.8 Å². The van der Waals surface area contributed by atoms with Crippen molar-refractivity contribution in [3.63, 3.8) is 0 Å². The summed E-state index contributed by atoms with van der Waals surface area (Å²) in [7, 11) is 3.10. The smallest absolute Gasteiger partial charge is 0.340 e. The number of benzene rings is 2. The van der Waals surface area contributed by atoms with Crippen molar-refractivity contribution in [3.05, 3.63) is 53.6 Å². The number of hydrogen-bond donors (Lipinski definition) is 2. The van der Waals surface area contributed by atoms with Crippen LogP contribution in [0.3, 0.4) is 0 Å². The molecule has 0 atom stereocenters. The average molecular weight is 372 g/mol. The van der Waals surface area contributed by atoms with Gasteiger partial charge in [-0.15, -0.1) is 0 Å². The third kappa shape index (κ3) is 5.64. The Balaban J connectivity index is 2.12. The molecule has 144 valence electrons. The van der Waals surface area contributed by atoms with Gasteiger partial charge in [0.05, 0.1) is 25.5 Å². The minimum atomic E-state index is -0.555. The molecule has 2 aromatic rings. The van der Waals surface area contributed by atoms with E-state index in [4.69, 9.17) is 14.2 Å². The molecule has 0 aromatic heterocycles. The van der Waals surface area contributed by atoms with Crippen LogP contribution in [-0.4, -0.2) is 32.3 Å². The number of methoxy groups -OCH3 is 2. The summed E-state index contributed by atoms with van der Waals surface area (Å²) in [6.07, 6.45) is 0. The highest BCUT2D eigenvalue weighted by atomic mass is 16.5. The number of ether oxygens (including phenoxy) is 3. The molecule has 0 aliphatic heterocycles. The number of carbonyl (C=O) groups is 2. The normalized spacial score (nSPS) is 10.3. The van der Waals surface area contributed by atoms with Gasteiger partial charge in [-0.2, -0.15) is 0 Å². The van der Waals surface area contributed by atoms with Gasteiger partial charge in [0.25, 0.3) is 0 Å². The molecule has 2 amide bonds. The lowest BCUT2D eigenvalue weighted by atomic mass is 10.1. The van der Waals surface area contributed by atoms with Gasteiger partial charge >= 0.3 is 12.0 Å². The van der Waals surface area contributed by atoms with Crippen LogP contribution >= 0.6 is 0 Å². The molecular weight excluding hydrogens is 348 g/mol. The van der Waals surface area contributed by atoms with Crippen molar-refractivity contribution >= 4 is 17.7 Å². The van der Waals surface area contributed by atoms with Crippen LogP contribution < -0.4 is 20.1 Å². The van der Waals surface area contributed by atoms with Crippen LogP contribution in [0.1, 0.15) is 29.8 Å². The lowest BCUT2D eigenvalue weighted by Crippen LogP contribution is -2.34. The summed E-state index contributed by atoms with van der Waals surface area (Å²) in [6.45, 7) is 3.70. The van der Waals surface area contributed by atoms with Gasteiger partial charge in [0.15, 0.2) is 0 Å². The molecule has 0 unspecified atom stereocenters. The van der Waals surface area contributed by atoms with Crippen molar-refractivity contribution in [2.75, 3.05) is 19.5 Å². The second kappa shape index (κ2) is 9.47. The topological polar surface area (TPSA) is 85.9 Å². The SMILES string of the molecule is COc1ccc(OC)c(COC(=O)c2ccccc2NC(=O)NC(C)C)c1. The third-order valence-electron chi connectivity index (χ3n) is 3.66. The first kappa shape index (κ1) is 20.1. The molecule has 0 heterocycles. The Kier molecular flexibility index (Phi) is 7.05. The number of urea groups is 1. The number of para-hydroxylation sites is 1. The molecule has 7 nitrogen and oxygen atoms in total. The highest BCUT2D eigenvalue weighted by molar-refractivity contribution is 6.00.